The first-order valence-corrected chi connectivity index (χ1v) is 8.49. The highest BCUT2D eigenvalue weighted by Gasteiger charge is 2.04. The number of benzene rings is 1. The summed E-state index contributed by atoms with van der Waals surface area (Å²) in [5, 5.41) is 3.20. The maximum absolute atomic E-state index is 11.1. The van der Waals surface area contributed by atoms with Crippen molar-refractivity contribution in [2.75, 3.05) is 16.3 Å². The molecule has 106 valence electrons. The first kappa shape index (κ1) is 14.8. The standard InChI is InChI=1S/C13H14BrN3O2S/c1-9-3-5-12(11(14)7-9)16-10-4-6-13(15-8-10)17-20(2,18)19/h3-8,16H,1-2H3,(H,15,17). The van der Waals surface area contributed by atoms with Crippen LogP contribution in [0.3, 0.4) is 0 Å². The first-order chi connectivity index (χ1) is 9.33. The van der Waals surface area contributed by atoms with Crippen molar-refractivity contribution in [3.8, 4) is 0 Å². The Balaban J connectivity index is 2.14. The molecule has 0 saturated heterocycles. The second kappa shape index (κ2) is 5.80. The highest BCUT2D eigenvalue weighted by atomic mass is 79.9. The molecule has 0 amide bonds. The lowest BCUT2D eigenvalue weighted by Crippen LogP contribution is -2.10. The SMILES string of the molecule is Cc1ccc(Nc2ccc(NS(C)(=O)=O)nc2)c(Br)c1. The molecule has 0 atom stereocenters. The molecule has 2 rings (SSSR count). The molecule has 1 aromatic carbocycles. The summed E-state index contributed by atoms with van der Waals surface area (Å²) in [4.78, 5) is 4.04. The van der Waals surface area contributed by atoms with Gasteiger partial charge in [-0.2, -0.15) is 0 Å². The van der Waals surface area contributed by atoms with Crippen LogP contribution in [0, 0.1) is 6.92 Å². The Morgan fingerprint density at radius 2 is 1.95 bits per heavy atom. The van der Waals surface area contributed by atoms with Crippen LogP contribution in [-0.2, 0) is 10.0 Å². The van der Waals surface area contributed by atoms with Crippen LogP contribution in [0.5, 0.6) is 0 Å². The van der Waals surface area contributed by atoms with Crippen LogP contribution in [0.1, 0.15) is 5.56 Å². The summed E-state index contributed by atoms with van der Waals surface area (Å²) in [6, 6.07) is 9.33. The van der Waals surface area contributed by atoms with E-state index < -0.39 is 10.0 Å². The minimum absolute atomic E-state index is 0.293. The van der Waals surface area contributed by atoms with E-state index in [4.69, 9.17) is 0 Å². The molecule has 2 N–H and O–H groups in total. The monoisotopic (exact) mass is 355 g/mol. The van der Waals surface area contributed by atoms with Crippen molar-refractivity contribution in [1.29, 1.82) is 0 Å². The molecule has 7 heteroatoms. The number of rotatable bonds is 4. The first-order valence-electron chi connectivity index (χ1n) is 5.80. The van der Waals surface area contributed by atoms with E-state index in [1.165, 1.54) is 0 Å². The fraction of sp³-hybridized carbons (Fsp3) is 0.154. The summed E-state index contributed by atoms with van der Waals surface area (Å²) >= 11 is 3.48. The third-order valence-corrected chi connectivity index (χ3v) is 3.69. The molecule has 0 radical (unpaired) electrons. The summed E-state index contributed by atoms with van der Waals surface area (Å²) in [6.45, 7) is 2.02. The Morgan fingerprint density at radius 1 is 1.20 bits per heavy atom. The lowest BCUT2D eigenvalue weighted by Gasteiger charge is -2.10. The van der Waals surface area contributed by atoms with Crippen molar-refractivity contribution in [2.45, 2.75) is 6.92 Å². The normalized spacial score (nSPS) is 11.2. The quantitative estimate of drug-likeness (QED) is 0.882. The fourth-order valence-electron chi connectivity index (χ4n) is 1.60. The van der Waals surface area contributed by atoms with E-state index in [-0.39, 0.29) is 0 Å². The minimum atomic E-state index is -3.30. The number of hydrogen-bond acceptors (Lipinski definition) is 4. The van der Waals surface area contributed by atoms with Gasteiger partial charge in [-0.15, -0.1) is 0 Å². The maximum atomic E-state index is 11.1. The molecular weight excluding hydrogens is 342 g/mol. The molecule has 1 aromatic heterocycles. The van der Waals surface area contributed by atoms with Gasteiger partial charge in [0.1, 0.15) is 5.82 Å². The number of hydrogen-bond donors (Lipinski definition) is 2. The zero-order valence-electron chi connectivity index (χ0n) is 11.0. The number of aromatic nitrogens is 1. The maximum Gasteiger partial charge on any atom is 0.230 e. The fourth-order valence-corrected chi connectivity index (χ4v) is 2.69. The number of sulfonamides is 1. The third-order valence-electron chi connectivity index (χ3n) is 2.46. The van der Waals surface area contributed by atoms with Gasteiger partial charge in [0, 0.05) is 4.47 Å². The van der Waals surface area contributed by atoms with Gasteiger partial charge in [0.2, 0.25) is 10.0 Å². The van der Waals surface area contributed by atoms with Crippen molar-refractivity contribution in [1.82, 2.24) is 4.98 Å². The molecule has 20 heavy (non-hydrogen) atoms. The van der Waals surface area contributed by atoms with Gasteiger partial charge in [0.25, 0.3) is 0 Å². The van der Waals surface area contributed by atoms with Gasteiger partial charge in [-0.1, -0.05) is 6.07 Å². The molecule has 0 fully saturated rings. The molecule has 0 aliphatic rings. The van der Waals surface area contributed by atoms with Crippen molar-refractivity contribution in [3.05, 3.63) is 46.6 Å². The second-order valence-corrected chi connectivity index (χ2v) is 7.02. The topological polar surface area (TPSA) is 71.1 Å². The van der Waals surface area contributed by atoms with Gasteiger partial charge in [-0.25, -0.2) is 13.4 Å². The van der Waals surface area contributed by atoms with Crippen LogP contribution in [-0.4, -0.2) is 19.7 Å². The Hall–Kier alpha value is -1.60. The predicted octanol–water partition coefficient (Wildman–Crippen LogP) is 3.27. The number of nitrogens with zero attached hydrogens (tertiary/aromatic N) is 1. The van der Waals surface area contributed by atoms with Gasteiger partial charge < -0.3 is 5.32 Å². The summed E-state index contributed by atoms with van der Waals surface area (Å²) in [6.07, 6.45) is 2.66. The van der Waals surface area contributed by atoms with Crippen LogP contribution in [0.2, 0.25) is 0 Å². The van der Waals surface area contributed by atoms with Gasteiger partial charge >= 0.3 is 0 Å². The molecule has 1 heterocycles. The van der Waals surface area contributed by atoms with Crippen LogP contribution in [0.15, 0.2) is 41.0 Å². The molecule has 0 aliphatic heterocycles. The Kier molecular flexibility index (Phi) is 4.29. The molecule has 2 aromatic rings. The van der Waals surface area contributed by atoms with Gasteiger partial charge in [0.05, 0.1) is 23.8 Å². The van der Waals surface area contributed by atoms with Gasteiger partial charge in [-0.3, -0.25) is 4.72 Å². The lowest BCUT2D eigenvalue weighted by molar-refractivity contribution is 0.606. The van der Waals surface area contributed by atoms with Crippen LogP contribution < -0.4 is 10.0 Å². The number of halogens is 1. The molecule has 0 aliphatic carbocycles. The number of nitrogens with one attached hydrogen (secondary N) is 2. The van der Waals surface area contributed by atoms with E-state index in [0.717, 1.165) is 27.7 Å². The summed E-state index contributed by atoms with van der Waals surface area (Å²) < 4.78 is 25.4. The van der Waals surface area contributed by atoms with E-state index in [1.807, 2.05) is 25.1 Å². The Bertz CT molecular complexity index is 715. The summed E-state index contributed by atoms with van der Waals surface area (Å²) in [5.74, 6) is 0.293. The molecule has 5 nitrogen and oxygen atoms in total. The second-order valence-electron chi connectivity index (χ2n) is 4.41. The van der Waals surface area contributed by atoms with E-state index >= 15 is 0 Å². The molecule has 0 spiro atoms. The molecule has 0 bridgehead atoms. The van der Waals surface area contributed by atoms with Gasteiger partial charge in [-0.05, 0) is 52.7 Å². The third kappa shape index (κ3) is 4.21. The highest BCUT2D eigenvalue weighted by molar-refractivity contribution is 9.10. The zero-order chi connectivity index (χ0) is 14.8. The van der Waals surface area contributed by atoms with Crippen molar-refractivity contribution in [2.24, 2.45) is 0 Å². The molecule has 0 saturated carbocycles. The van der Waals surface area contributed by atoms with E-state index in [0.29, 0.717) is 5.82 Å². The average Bonchev–Trinajstić information content (AvgIpc) is 2.33. The molecule has 0 unspecified atom stereocenters. The highest BCUT2D eigenvalue weighted by Crippen LogP contribution is 2.26. The van der Waals surface area contributed by atoms with E-state index in [9.17, 15) is 8.42 Å². The summed E-state index contributed by atoms with van der Waals surface area (Å²) in [5.41, 5.74) is 2.85. The minimum Gasteiger partial charge on any atom is -0.353 e. The number of anilines is 3. The Morgan fingerprint density at radius 3 is 2.50 bits per heavy atom. The average molecular weight is 356 g/mol. The van der Waals surface area contributed by atoms with Crippen LogP contribution in [0.25, 0.3) is 0 Å². The number of pyridine rings is 1. The van der Waals surface area contributed by atoms with E-state index in [2.05, 4.69) is 31.0 Å². The van der Waals surface area contributed by atoms with Crippen molar-refractivity contribution >= 4 is 43.1 Å². The predicted molar refractivity (Wildman–Crippen MR) is 84.9 cm³/mol. The van der Waals surface area contributed by atoms with Crippen LogP contribution >= 0.6 is 15.9 Å². The van der Waals surface area contributed by atoms with E-state index in [1.54, 1.807) is 18.3 Å². The van der Waals surface area contributed by atoms with Crippen molar-refractivity contribution < 1.29 is 8.42 Å². The molecular formula is C13H14BrN3O2S. The number of aryl methyl sites for hydroxylation is 1. The zero-order valence-corrected chi connectivity index (χ0v) is 13.4. The Labute approximate surface area is 126 Å². The van der Waals surface area contributed by atoms with Crippen LogP contribution in [0.4, 0.5) is 17.2 Å². The largest absolute Gasteiger partial charge is 0.353 e. The van der Waals surface area contributed by atoms with Gasteiger partial charge in [0.15, 0.2) is 0 Å². The summed E-state index contributed by atoms with van der Waals surface area (Å²) in [7, 11) is -3.30. The lowest BCUT2D eigenvalue weighted by atomic mass is 10.2. The van der Waals surface area contributed by atoms with Crippen molar-refractivity contribution in [3.63, 3.8) is 0 Å². The smallest absolute Gasteiger partial charge is 0.230 e.